The smallest absolute Gasteiger partial charge is 0.291 e. The lowest BCUT2D eigenvalue weighted by Gasteiger charge is -2.21. The van der Waals surface area contributed by atoms with Gasteiger partial charge < -0.3 is 20.4 Å². The van der Waals surface area contributed by atoms with Gasteiger partial charge in [-0.2, -0.15) is 0 Å². The molecule has 7 heteroatoms. The van der Waals surface area contributed by atoms with E-state index in [1.54, 1.807) is 12.1 Å². The number of anilines is 1. The molecule has 3 N–H and O–H groups in total. The molecular formula is C17H21N3O3S. The second kappa shape index (κ2) is 6.78. The number of carbonyl (C=O) groups excluding carboxylic acids is 2. The standard InChI is InChI=1S/C17H21N3O3S/c1-10-6-14(19-16(21)13-4-3-5-23-13)24-15(10)17(22)20-9-12(8-18)7-11(20)2/h3-6,11-12H,7-9,18H2,1-2H3,(H,19,21). The Morgan fingerprint density at radius 1 is 1.50 bits per heavy atom. The summed E-state index contributed by atoms with van der Waals surface area (Å²) in [4.78, 5) is 27.4. The van der Waals surface area contributed by atoms with Gasteiger partial charge in [-0.1, -0.05) is 0 Å². The Morgan fingerprint density at radius 3 is 2.92 bits per heavy atom. The van der Waals surface area contributed by atoms with E-state index in [1.165, 1.54) is 17.6 Å². The number of aryl methyl sites for hydroxylation is 1. The van der Waals surface area contributed by atoms with E-state index in [0.717, 1.165) is 12.0 Å². The summed E-state index contributed by atoms with van der Waals surface area (Å²) in [5.74, 6) is 0.299. The van der Waals surface area contributed by atoms with Gasteiger partial charge in [0.05, 0.1) is 16.1 Å². The number of thiophene rings is 1. The first-order chi connectivity index (χ1) is 11.5. The number of rotatable bonds is 4. The molecule has 1 aliphatic heterocycles. The topological polar surface area (TPSA) is 88.6 Å². The van der Waals surface area contributed by atoms with E-state index < -0.39 is 0 Å². The molecule has 2 aromatic rings. The molecule has 2 amide bonds. The zero-order valence-electron chi connectivity index (χ0n) is 13.7. The van der Waals surface area contributed by atoms with Crippen molar-refractivity contribution in [3.8, 4) is 0 Å². The zero-order chi connectivity index (χ0) is 17.3. The van der Waals surface area contributed by atoms with Crippen LogP contribution in [0.2, 0.25) is 0 Å². The first kappa shape index (κ1) is 16.7. The molecule has 1 aliphatic rings. The summed E-state index contributed by atoms with van der Waals surface area (Å²) >= 11 is 1.29. The normalized spacial score (nSPS) is 20.4. The molecule has 0 bridgehead atoms. The van der Waals surface area contributed by atoms with Crippen molar-refractivity contribution >= 4 is 28.2 Å². The molecule has 0 spiro atoms. The molecule has 1 saturated heterocycles. The van der Waals surface area contributed by atoms with Gasteiger partial charge in [0, 0.05) is 12.6 Å². The fraction of sp³-hybridized carbons (Fsp3) is 0.412. The maximum Gasteiger partial charge on any atom is 0.291 e. The molecule has 2 atom stereocenters. The van der Waals surface area contributed by atoms with Crippen LogP contribution in [0.5, 0.6) is 0 Å². The second-order valence-electron chi connectivity index (χ2n) is 6.20. The minimum Gasteiger partial charge on any atom is -0.459 e. The Morgan fingerprint density at radius 2 is 2.29 bits per heavy atom. The number of amides is 2. The predicted molar refractivity (Wildman–Crippen MR) is 93.4 cm³/mol. The minimum absolute atomic E-state index is 0.0134. The predicted octanol–water partition coefficient (Wildman–Crippen LogP) is 2.71. The lowest BCUT2D eigenvalue weighted by Crippen LogP contribution is -2.34. The highest BCUT2D eigenvalue weighted by atomic mass is 32.1. The van der Waals surface area contributed by atoms with Crippen LogP contribution in [-0.2, 0) is 0 Å². The lowest BCUT2D eigenvalue weighted by atomic mass is 10.1. The van der Waals surface area contributed by atoms with E-state index in [2.05, 4.69) is 12.2 Å². The molecule has 128 valence electrons. The van der Waals surface area contributed by atoms with Gasteiger partial charge in [-0.05, 0) is 56.5 Å². The van der Waals surface area contributed by atoms with Gasteiger partial charge in [-0.3, -0.25) is 9.59 Å². The van der Waals surface area contributed by atoms with E-state index in [-0.39, 0.29) is 23.6 Å². The molecule has 3 heterocycles. The summed E-state index contributed by atoms with van der Waals surface area (Å²) in [6.45, 7) is 5.23. The number of hydrogen-bond acceptors (Lipinski definition) is 5. The number of likely N-dealkylation sites (tertiary alicyclic amines) is 1. The number of nitrogens with zero attached hydrogens (tertiary/aromatic N) is 1. The summed E-state index contributed by atoms with van der Waals surface area (Å²) in [6, 6.07) is 5.26. The molecule has 0 aliphatic carbocycles. The largest absolute Gasteiger partial charge is 0.459 e. The van der Waals surface area contributed by atoms with Crippen LogP contribution in [0.4, 0.5) is 5.00 Å². The highest BCUT2D eigenvalue weighted by molar-refractivity contribution is 7.18. The van der Waals surface area contributed by atoms with Gasteiger partial charge in [0.15, 0.2) is 5.76 Å². The molecule has 1 fully saturated rings. The van der Waals surface area contributed by atoms with E-state index in [0.29, 0.717) is 28.9 Å². The summed E-state index contributed by atoms with van der Waals surface area (Å²) < 4.78 is 5.08. The molecule has 6 nitrogen and oxygen atoms in total. The number of nitrogens with two attached hydrogens (primary N) is 1. The van der Waals surface area contributed by atoms with Crippen LogP contribution >= 0.6 is 11.3 Å². The van der Waals surface area contributed by atoms with Crippen molar-refractivity contribution in [1.82, 2.24) is 4.90 Å². The van der Waals surface area contributed by atoms with Crippen molar-refractivity contribution < 1.29 is 14.0 Å². The highest BCUT2D eigenvalue weighted by Gasteiger charge is 2.33. The fourth-order valence-electron chi connectivity index (χ4n) is 3.06. The van der Waals surface area contributed by atoms with Crippen molar-refractivity contribution in [2.45, 2.75) is 26.3 Å². The van der Waals surface area contributed by atoms with Gasteiger partial charge in [0.25, 0.3) is 11.8 Å². The molecule has 2 unspecified atom stereocenters. The van der Waals surface area contributed by atoms with Crippen molar-refractivity contribution in [2.24, 2.45) is 11.7 Å². The maximum absolute atomic E-state index is 12.8. The number of furan rings is 1. The van der Waals surface area contributed by atoms with Crippen LogP contribution in [0.1, 0.15) is 39.1 Å². The summed E-state index contributed by atoms with van der Waals surface area (Å²) in [5.41, 5.74) is 6.60. The average Bonchev–Trinajstić information content (AvgIpc) is 3.26. The van der Waals surface area contributed by atoms with Crippen molar-refractivity contribution in [3.63, 3.8) is 0 Å². The molecule has 3 rings (SSSR count). The molecule has 0 radical (unpaired) electrons. The molecule has 24 heavy (non-hydrogen) atoms. The molecular weight excluding hydrogens is 326 g/mol. The third kappa shape index (κ3) is 3.22. The molecule has 2 aromatic heterocycles. The number of hydrogen-bond donors (Lipinski definition) is 2. The SMILES string of the molecule is Cc1cc(NC(=O)c2ccco2)sc1C(=O)N1CC(CN)CC1C. The van der Waals surface area contributed by atoms with Crippen molar-refractivity contribution in [2.75, 3.05) is 18.4 Å². The zero-order valence-corrected chi connectivity index (χ0v) is 14.6. The lowest BCUT2D eigenvalue weighted by molar-refractivity contribution is 0.0747. The van der Waals surface area contributed by atoms with Crippen LogP contribution in [-0.4, -0.2) is 35.8 Å². The Hall–Kier alpha value is -2.12. The van der Waals surface area contributed by atoms with Gasteiger partial charge in [0.2, 0.25) is 0 Å². The van der Waals surface area contributed by atoms with Crippen molar-refractivity contribution in [3.05, 3.63) is 40.7 Å². The third-order valence-electron chi connectivity index (χ3n) is 4.35. The van der Waals surface area contributed by atoms with E-state index in [4.69, 9.17) is 10.2 Å². The van der Waals surface area contributed by atoms with E-state index in [9.17, 15) is 9.59 Å². The van der Waals surface area contributed by atoms with Crippen LogP contribution < -0.4 is 11.1 Å². The Bertz CT molecular complexity index is 738. The van der Waals surface area contributed by atoms with Crippen LogP contribution in [0.15, 0.2) is 28.9 Å². The first-order valence-corrected chi connectivity index (χ1v) is 8.77. The fourth-order valence-corrected chi connectivity index (χ4v) is 4.09. The van der Waals surface area contributed by atoms with Crippen LogP contribution in [0, 0.1) is 12.8 Å². The summed E-state index contributed by atoms with van der Waals surface area (Å²) in [7, 11) is 0. The van der Waals surface area contributed by atoms with Crippen LogP contribution in [0.25, 0.3) is 0 Å². The Labute approximate surface area is 144 Å². The summed E-state index contributed by atoms with van der Waals surface area (Å²) in [6.07, 6.45) is 2.39. The van der Waals surface area contributed by atoms with Gasteiger partial charge in [0.1, 0.15) is 0 Å². The second-order valence-corrected chi connectivity index (χ2v) is 7.25. The third-order valence-corrected chi connectivity index (χ3v) is 5.49. The minimum atomic E-state index is -0.321. The molecule has 0 aromatic carbocycles. The first-order valence-electron chi connectivity index (χ1n) is 7.96. The van der Waals surface area contributed by atoms with Gasteiger partial charge in [-0.15, -0.1) is 11.3 Å². The number of nitrogens with one attached hydrogen (secondary N) is 1. The Balaban J connectivity index is 1.74. The van der Waals surface area contributed by atoms with Crippen molar-refractivity contribution in [1.29, 1.82) is 0 Å². The Kier molecular flexibility index (Phi) is 4.73. The number of carbonyl (C=O) groups is 2. The van der Waals surface area contributed by atoms with Gasteiger partial charge >= 0.3 is 0 Å². The highest BCUT2D eigenvalue weighted by Crippen LogP contribution is 2.31. The van der Waals surface area contributed by atoms with Crippen LogP contribution in [0.3, 0.4) is 0 Å². The van der Waals surface area contributed by atoms with Gasteiger partial charge in [-0.25, -0.2) is 0 Å². The quantitative estimate of drug-likeness (QED) is 0.890. The maximum atomic E-state index is 12.8. The monoisotopic (exact) mass is 347 g/mol. The average molecular weight is 347 g/mol. The summed E-state index contributed by atoms with van der Waals surface area (Å²) in [5, 5.41) is 3.42. The van der Waals surface area contributed by atoms with E-state index in [1.807, 2.05) is 17.9 Å². The molecule has 0 saturated carbocycles. The van der Waals surface area contributed by atoms with E-state index >= 15 is 0 Å².